The average molecular weight is 648 g/mol. The van der Waals surface area contributed by atoms with Gasteiger partial charge in [0.1, 0.15) is 12.1 Å². The van der Waals surface area contributed by atoms with Crippen molar-refractivity contribution in [2.75, 3.05) is 33.2 Å². The lowest BCUT2D eigenvalue weighted by Gasteiger charge is -2.21. The van der Waals surface area contributed by atoms with E-state index in [1.165, 1.54) is 48.8 Å². The van der Waals surface area contributed by atoms with E-state index in [1.807, 2.05) is 0 Å². The average Bonchev–Trinajstić information content (AvgIpc) is 3.07. The van der Waals surface area contributed by atoms with Gasteiger partial charge in [-0.3, -0.25) is 29.0 Å². The van der Waals surface area contributed by atoms with Crippen LogP contribution in [0, 0.1) is 12.3 Å². The van der Waals surface area contributed by atoms with Crippen molar-refractivity contribution in [2.24, 2.45) is 4.99 Å². The molecule has 47 heavy (non-hydrogen) atoms. The van der Waals surface area contributed by atoms with Crippen molar-refractivity contribution in [1.29, 1.82) is 0 Å². The third-order valence-corrected chi connectivity index (χ3v) is 6.40. The predicted molar refractivity (Wildman–Crippen MR) is 168 cm³/mol. The number of anilines is 1. The number of amides is 3. The fourth-order valence-corrected chi connectivity index (χ4v) is 4.02. The van der Waals surface area contributed by atoms with Crippen LogP contribution in [0.2, 0.25) is 0 Å². The van der Waals surface area contributed by atoms with Crippen LogP contribution in [-0.2, 0) is 35.2 Å². The van der Waals surface area contributed by atoms with Crippen LogP contribution in [0.1, 0.15) is 35.3 Å². The molecule has 0 radical (unpaired) electrons. The van der Waals surface area contributed by atoms with E-state index >= 15 is 0 Å². The number of methoxy groups -OCH3 is 2. The molecule has 0 fully saturated rings. The lowest BCUT2D eigenvalue weighted by molar-refractivity contribution is -0.145. The molecule has 2 aromatic heterocycles. The Labute approximate surface area is 268 Å². The summed E-state index contributed by atoms with van der Waals surface area (Å²) in [5.74, 6) is -0.498. The molecule has 3 aromatic rings. The molecule has 3 amide bonds. The first-order valence-electron chi connectivity index (χ1n) is 14.0. The standard InChI is InChI=1S/C30H33N9O8/c1-6-7-22(29(45)47-5)35-27(43)21(12-13-23(41)46-4)34-26(42)18-8-10-20(11-9-18)39(17-40)15-19-14-31-25-24(33-19)28(44)37-30(36-25)32-16-38(2)3/h1,8-11,14,16-17,21-22H,7,12-13,15H2,2-5H3,(H,34,42)(H,35,43)(H,31,36,37,44)/t21-,22-/m0/s1. The number of hydrogen-bond donors (Lipinski definition) is 3. The summed E-state index contributed by atoms with van der Waals surface area (Å²) in [7, 11) is 5.84. The van der Waals surface area contributed by atoms with Crippen LogP contribution >= 0.6 is 0 Å². The number of nitrogens with zero attached hydrogens (tertiary/aromatic N) is 6. The Kier molecular flexibility index (Phi) is 12.6. The van der Waals surface area contributed by atoms with Crippen LogP contribution < -0.4 is 21.1 Å². The number of fused-ring (bicyclic) bond motifs is 1. The molecular weight excluding hydrogens is 614 g/mol. The van der Waals surface area contributed by atoms with Gasteiger partial charge in [-0.15, -0.1) is 12.3 Å². The maximum atomic E-state index is 13.1. The van der Waals surface area contributed by atoms with Gasteiger partial charge in [0, 0.05) is 38.2 Å². The molecule has 246 valence electrons. The van der Waals surface area contributed by atoms with Gasteiger partial charge in [0.2, 0.25) is 18.3 Å². The van der Waals surface area contributed by atoms with Gasteiger partial charge < -0.3 is 29.9 Å². The summed E-state index contributed by atoms with van der Waals surface area (Å²) in [6.07, 6.45) is 8.18. The van der Waals surface area contributed by atoms with Crippen molar-refractivity contribution < 1.29 is 33.4 Å². The van der Waals surface area contributed by atoms with E-state index in [0.29, 0.717) is 12.1 Å². The fraction of sp³-hybridized carbons (Fsp3) is 0.333. The molecule has 17 heteroatoms. The third-order valence-electron chi connectivity index (χ3n) is 6.40. The number of rotatable bonds is 15. The van der Waals surface area contributed by atoms with Crippen LogP contribution in [0.5, 0.6) is 0 Å². The fourth-order valence-electron chi connectivity index (χ4n) is 4.02. The zero-order valence-corrected chi connectivity index (χ0v) is 26.1. The first-order chi connectivity index (χ1) is 22.5. The number of benzene rings is 1. The summed E-state index contributed by atoms with van der Waals surface area (Å²) in [6.45, 7) is -0.0627. The van der Waals surface area contributed by atoms with Crippen LogP contribution in [0.3, 0.4) is 0 Å². The van der Waals surface area contributed by atoms with E-state index in [4.69, 9.17) is 6.42 Å². The van der Waals surface area contributed by atoms with E-state index in [2.05, 4.69) is 51.0 Å². The zero-order valence-electron chi connectivity index (χ0n) is 26.1. The van der Waals surface area contributed by atoms with Crippen LogP contribution in [0.4, 0.5) is 11.6 Å². The van der Waals surface area contributed by atoms with Crippen molar-refractivity contribution in [3.8, 4) is 12.3 Å². The topological polar surface area (TPSA) is 218 Å². The first-order valence-corrected chi connectivity index (χ1v) is 14.0. The molecule has 0 saturated heterocycles. The molecule has 3 rings (SSSR count). The maximum Gasteiger partial charge on any atom is 0.329 e. The molecule has 0 aliphatic heterocycles. The number of aliphatic imine (C=N–C) groups is 1. The zero-order chi connectivity index (χ0) is 34.5. The monoisotopic (exact) mass is 647 g/mol. The highest BCUT2D eigenvalue weighted by Crippen LogP contribution is 2.17. The van der Waals surface area contributed by atoms with Crippen molar-refractivity contribution in [3.63, 3.8) is 0 Å². The van der Waals surface area contributed by atoms with E-state index in [0.717, 1.165) is 7.11 Å². The summed E-state index contributed by atoms with van der Waals surface area (Å²) in [6, 6.07) is 3.42. The third kappa shape index (κ3) is 9.91. The van der Waals surface area contributed by atoms with Gasteiger partial charge in [0.15, 0.2) is 11.2 Å². The van der Waals surface area contributed by atoms with Gasteiger partial charge in [-0.05, 0) is 30.7 Å². The van der Waals surface area contributed by atoms with Crippen LogP contribution in [-0.4, -0.2) is 102 Å². The van der Waals surface area contributed by atoms with E-state index in [1.54, 1.807) is 19.0 Å². The first kappa shape index (κ1) is 35.3. The SMILES string of the molecule is C#CC[C@H](NC(=O)[C@H](CCC(=O)OC)NC(=O)c1ccc(N(C=O)Cc2cnc3nc(N=CN(C)C)[nH]c(=O)c3n2)cc1)C(=O)OC. The molecular formula is C30H33N9O8. The Bertz CT molecular complexity index is 1750. The summed E-state index contributed by atoms with van der Waals surface area (Å²) < 4.78 is 9.29. The number of aromatic nitrogens is 4. The highest BCUT2D eigenvalue weighted by atomic mass is 16.5. The summed E-state index contributed by atoms with van der Waals surface area (Å²) >= 11 is 0. The van der Waals surface area contributed by atoms with Gasteiger partial charge in [-0.25, -0.2) is 19.8 Å². The highest BCUT2D eigenvalue weighted by molar-refractivity contribution is 5.98. The molecule has 0 aliphatic rings. The molecule has 2 atom stereocenters. The van der Waals surface area contributed by atoms with E-state index in [-0.39, 0.29) is 54.2 Å². The number of ether oxygens (including phenoxy) is 2. The summed E-state index contributed by atoms with van der Waals surface area (Å²) in [5, 5.41) is 4.98. The smallest absolute Gasteiger partial charge is 0.329 e. The quantitative estimate of drug-likeness (QED) is 0.0644. The Hall–Kier alpha value is -6.18. The number of carbonyl (C=O) groups excluding carboxylic acids is 5. The Morgan fingerprint density at radius 1 is 1.09 bits per heavy atom. The minimum Gasteiger partial charge on any atom is -0.469 e. The molecule has 2 heterocycles. The molecule has 0 spiro atoms. The lowest BCUT2D eigenvalue weighted by Crippen LogP contribution is -2.51. The van der Waals surface area contributed by atoms with Gasteiger partial charge in [0.25, 0.3) is 11.5 Å². The normalized spacial score (nSPS) is 12.0. The van der Waals surface area contributed by atoms with E-state index < -0.39 is 41.4 Å². The van der Waals surface area contributed by atoms with Gasteiger partial charge in [-0.1, -0.05) is 0 Å². The van der Waals surface area contributed by atoms with Crippen LogP contribution in [0.25, 0.3) is 11.2 Å². The van der Waals surface area contributed by atoms with Gasteiger partial charge >= 0.3 is 11.9 Å². The minimum atomic E-state index is -1.24. The van der Waals surface area contributed by atoms with Crippen LogP contribution in [0.15, 0.2) is 40.2 Å². The van der Waals surface area contributed by atoms with Gasteiger partial charge in [0.05, 0.1) is 39.0 Å². The van der Waals surface area contributed by atoms with Crippen molar-refractivity contribution in [2.45, 2.75) is 37.9 Å². The van der Waals surface area contributed by atoms with Crippen molar-refractivity contribution in [3.05, 3.63) is 52.1 Å². The molecule has 0 aliphatic carbocycles. The van der Waals surface area contributed by atoms with Crippen molar-refractivity contribution >= 4 is 59.3 Å². The van der Waals surface area contributed by atoms with E-state index in [9.17, 15) is 28.8 Å². The molecule has 17 nitrogen and oxygen atoms in total. The number of terminal acetylenes is 1. The molecule has 3 N–H and O–H groups in total. The molecule has 1 aromatic carbocycles. The number of esters is 2. The predicted octanol–water partition coefficient (Wildman–Crippen LogP) is -0.170. The second kappa shape index (κ2) is 16.8. The number of hydrogen-bond acceptors (Lipinski definition) is 12. The maximum absolute atomic E-state index is 13.1. The number of carbonyl (C=O) groups is 5. The second-order valence-corrected chi connectivity index (χ2v) is 10.0. The Morgan fingerprint density at radius 3 is 2.43 bits per heavy atom. The van der Waals surface area contributed by atoms with Gasteiger partial charge in [-0.2, -0.15) is 4.98 Å². The summed E-state index contributed by atoms with van der Waals surface area (Å²) in [4.78, 5) is 96.6. The number of aromatic amines is 1. The molecule has 0 unspecified atom stereocenters. The Morgan fingerprint density at radius 2 is 1.81 bits per heavy atom. The number of H-pyrrole nitrogens is 1. The highest BCUT2D eigenvalue weighted by Gasteiger charge is 2.28. The van der Waals surface area contributed by atoms with Crippen molar-refractivity contribution in [1.82, 2.24) is 35.5 Å². The second-order valence-electron chi connectivity index (χ2n) is 10.0. The summed E-state index contributed by atoms with van der Waals surface area (Å²) in [5.41, 5.74) is 0.282. The Balaban J connectivity index is 1.75. The minimum absolute atomic E-state index is 0.0350. The number of nitrogens with one attached hydrogen (secondary N) is 3. The lowest BCUT2D eigenvalue weighted by atomic mass is 10.1. The molecule has 0 bridgehead atoms. The largest absolute Gasteiger partial charge is 0.469 e. The molecule has 0 saturated carbocycles.